The number of rotatable bonds is 2. The van der Waals surface area contributed by atoms with E-state index >= 15 is 0 Å². The monoisotopic (exact) mass is 777 g/mol. The van der Waals surface area contributed by atoms with Gasteiger partial charge in [0.25, 0.3) is 0 Å². The third-order valence-electron chi connectivity index (χ3n) is 5.75. The van der Waals surface area contributed by atoms with Gasteiger partial charge in [0.15, 0.2) is 5.11 Å². The van der Waals surface area contributed by atoms with Gasteiger partial charge in [0.2, 0.25) is 0 Å². The molecule has 0 bridgehead atoms. The fraction of sp³-hybridized carbons (Fsp3) is 0.610. The van der Waals surface area contributed by atoms with Gasteiger partial charge in [-0.25, -0.2) is 0 Å². The highest BCUT2D eigenvalue weighted by atomic mass is 32.2. The van der Waals surface area contributed by atoms with Crippen LogP contribution in [0.15, 0.2) is 65.7 Å². The second kappa shape index (κ2) is 46.3. The van der Waals surface area contributed by atoms with Crippen LogP contribution in [0.2, 0.25) is 0 Å². The Kier molecular flexibility index (Phi) is 61.2. The van der Waals surface area contributed by atoms with Gasteiger partial charge in [-0.2, -0.15) is 0 Å². The Labute approximate surface area is 344 Å². The Morgan fingerprint density at radius 3 is 1.25 bits per heavy atom. The Bertz CT molecular complexity index is 1060. The molecule has 6 radical (unpaired) electrons. The van der Waals surface area contributed by atoms with E-state index in [1.54, 1.807) is 0 Å². The first-order valence-corrected chi connectivity index (χ1v) is 21.2. The highest BCUT2D eigenvalue weighted by Crippen LogP contribution is 2.35. The molecule has 2 fully saturated rings. The van der Waals surface area contributed by atoms with Crippen molar-refractivity contribution in [3.63, 3.8) is 0 Å². The first kappa shape index (κ1) is 67.4. The zero-order valence-electron chi connectivity index (χ0n) is 36.6. The van der Waals surface area contributed by atoms with Crippen LogP contribution >= 0.6 is 48.4 Å². The van der Waals surface area contributed by atoms with Gasteiger partial charge in [-0.05, 0) is 43.6 Å². The average Bonchev–Trinajstić information content (AvgIpc) is 3.65. The van der Waals surface area contributed by atoms with E-state index in [0.717, 1.165) is 44.5 Å². The van der Waals surface area contributed by atoms with Crippen LogP contribution in [0, 0.1) is 0 Å². The molecule has 2 unspecified atom stereocenters. The highest BCUT2D eigenvalue weighted by Gasteiger charge is 2.45. The minimum Gasteiger partial charge on any atom is -0.356 e. The van der Waals surface area contributed by atoms with Crippen LogP contribution in [0.4, 0.5) is 0 Å². The van der Waals surface area contributed by atoms with E-state index in [2.05, 4.69) is 70.8 Å². The summed E-state index contributed by atoms with van der Waals surface area (Å²) in [5.74, 6) is 1.07. The molecule has 2 atom stereocenters. The van der Waals surface area contributed by atoms with Crippen molar-refractivity contribution in [3.05, 3.63) is 71.8 Å². The van der Waals surface area contributed by atoms with Crippen LogP contribution in [0.5, 0.6) is 0 Å². The number of nitrogens with zero attached hydrogens (tertiary/aromatic N) is 2. The van der Waals surface area contributed by atoms with Crippen LogP contribution in [0.25, 0.3) is 0 Å². The van der Waals surface area contributed by atoms with Crippen molar-refractivity contribution in [2.45, 2.75) is 156 Å². The molecule has 0 aromatic heterocycles. The lowest BCUT2D eigenvalue weighted by molar-refractivity contribution is 0.535. The Hall–Kier alpha value is -1.74. The number of aliphatic imine (C=N–C) groups is 1. The van der Waals surface area contributed by atoms with Crippen molar-refractivity contribution in [1.82, 2.24) is 15.5 Å². The lowest BCUT2D eigenvalue weighted by atomic mass is 9.91. The summed E-state index contributed by atoms with van der Waals surface area (Å²) in [5, 5.41) is 7.47. The molecule has 3 aliphatic rings. The maximum Gasteiger partial charge on any atom is 0.175 e. The van der Waals surface area contributed by atoms with Gasteiger partial charge >= 0.3 is 0 Å². The summed E-state index contributed by atoms with van der Waals surface area (Å²) in [7, 11) is 0. The van der Waals surface area contributed by atoms with Gasteiger partial charge in [0, 0.05) is 29.9 Å². The summed E-state index contributed by atoms with van der Waals surface area (Å²) in [6.45, 7) is 42.1. The van der Waals surface area contributed by atoms with Crippen LogP contribution in [0.3, 0.4) is 0 Å². The van der Waals surface area contributed by atoms with E-state index in [0.29, 0.717) is 0 Å². The molecule has 51 heavy (non-hydrogen) atoms. The molecule has 2 aromatic carbocycles. The number of thiocarbonyl (C=S) groups is 3. The summed E-state index contributed by atoms with van der Waals surface area (Å²) in [6, 6.07) is 20.5. The third-order valence-corrected chi connectivity index (χ3v) is 7.97. The Morgan fingerprint density at radius 2 is 0.922 bits per heavy atom. The van der Waals surface area contributed by atoms with Crippen molar-refractivity contribution in [1.29, 1.82) is 0 Å². The second-order valence-electron chi connectivity index (χ2n) is 7.92. The predicted molar refractivity (Wildman–Crippen MR) is 257 cm³/mol. The number of fused-ring (bicyclic) bond motifs is 1. The van der Waals surface area contributed by atoms with Gasteiger partial charge in [-0.1, -0.05) is 221 Å². The van der Waals surface area contributed by atoms with Gasteiger partial charge in [-0.3, -0.25) is 4.99 Å². The summed E-state index contributed by atoms with van der Waals surface area (Å²) in [5.41, 5.74) is 1.83. The molecule has 0 aliphatic carbocycles. The molecule has 292 valence electrons. The number of thioether (sulfide) groups is 1. The number of hydrogen-bond acceptors (Lipinski definition) is 5. The molecule has 0 amide bonds. The van der Waals surface area contributed by atoms with Crippen LogP contribution in [-0.2, 0) is 11.1 Å². The molecule has 0 spiro atoms. The molecule has 0 saturated carbocycles. The Morgan fingerprint density at radius 1 is 0.569 bits per heavy atom. The zero-order valence-corrected chi connectivity index (χ0v) is 39.8. The number of amidine groups is 1. The van der Waals surface area contributed by atoms with Crippen molar-refractivity contribution in [2.24, 2.45) is 4.99 Å². The van der Waals surface area contributed by atoms with Gasteiger partial charge < -0.3 is 15.5 Å². The molecule has 3 aliphatic heterocycles. The Balaban J connectivity index is -0.0000000823. The highest BCUT2D eigenvalue weighted by molar-refractivity contribution is 8.38. The van der Waals surface area contributed by atoms with E-state index in [9.17, 15) is 0 Å². The smallest absolute Gasteiger partial charge is 0.175 e. The summed E-state index contributed by atoms with van der Waals surface area (Å²) in [4.78, 5) is 6.79. The van der Waals surface area contributed by atoms with Crippen molar-refractivity contribution in [2.75, 3.05) is 13.1 Å². The minimum absolute atomic E-state index is 0. The predicted octanol–water partition coefficient (Wildman–Crippen LogP) is 13.2. The number of benzene rings is 2. The lowest BCUT2D eigenvalue weighted by Crippen LogP contribution is -2.42. The van der Waals surface area contributed by atoms with E-state index in [4.69, 9.17) is 36.7 Å². The molecule has 2 aromatic rings. The maximum absolute atomic E-state index is 5.40. The van der Waals surface area contributed by atoms with E-state index in [-0.39, 0.29) is 27.9 Å². The van der Waals surface area contributed by atoms with Crippen molar-refractivity contribution >= 4 is 84.7 Å². The quantitative estimate of drug-likeness (QED) is 0.232. The van der Waals surface area contributed by atoms with E-state index in [1.807, 2.05) is 149 Å². The maximum atomic E-state index is 5.40. The molecule has 2 N–H and O–H groups in total. The van der Waals surface area contributed by atoms with Crippen LogP contribution in [-0.4, -0.2) is 54.3 Å². The molecule has 2 saturated heterocycles. The fourth-order valence-corrected chi connectivity index (χ4v) is 6.18. The molecular formula is C41H78B2N4S4. The van der Waals surface area contributed by atoms with Crippen molar-refractivity contribution < 1.29 is 0 Å². The topological polar surface area (TPSA) is 39.7 Å². The first-order chi connectivity index (χ1) is 23.8. The van der Waals surface area contributed by atoms with Gasteiger partial charge in [0.05, 0.1) is 4.20 Å². The van der Waals surface area contributed by atoms with Crippen LogP contribution in [0.1, 0.15) is 156 Å². The van der Waals surface area contributed by atoms with E-state index in [1.165, 1.54) is 17.3 Å². The fourth-order valence-electron chi connectivity index (χ4n) is 3.97. The van der Waals surface area contributed by atoms with Crippen LogP contribution < -0.4 is 10.6 Å². The summed E-state index contributed by atoms with van der Waals surface area (Å²) < 4.78 is 1.66. The second-order valence-corrected chi connectivity index (χ2v) is 10.7. The standard InChI is InChI=1S/C13H15N3S.C10H9NS3.9C2H6.2B/c1-13(10-6-3-2-4-7-10)11-14-8-5-9-16(11)12(17)15-13;1-10(7-5-3-2-4-6-7)8(12)14-9(13)11-10;9*1-2;;/h2-4,6-7H,5,8-9H2,1H3,(H,15,17);2-6H,1H3,(H,11,13);9*1-2H3;;. The molecule has 4 nitrogen and oxygen atoms in total. The third kappa shape index (κ3) is 22.8. The van der Waals surface area contributed by atoms with Gasteiger partial charge in [0.1, 0.15) is 21.2 Å². The summed E-state index contributed by atoms with van der Waals surface area (Å²) in [6.07, 6.45) is 1.08. The molecule has 3 heterocycles. The lowest BCUT2D eigenvalue weighted by Gasteiger charge is -2.28. The molecule has 10 heteroatoms. The zero-order chi connectivity index (χ0) is 40.1. The largest absolute Gasteiger partial charge is 0.356 e. The number of nitrogens with one attached hydrogen (secondary N) is 2. The van der Waals surface area contributed by atoms with E-state index < -0.39 is 0 Å². The van der Waals surface area contributed by atoms with Gasteiger partial charge in [-0.15, -0.1) is 0 Å². The normalized spacial score (nSPS) is 17.5. The average molecular weight is 777 g/mol. The minimum atomic E-state index is -0.279. The first-order valence-electron chi connectivity index (χ1n) is 19.1. The van der Waals surface area contributed by atoms with Crippen molar-refractivity contribution in [3.8, 4) is 0 Å². The molecular weight excluding hydrogens is 698 g/mol. The number of hydrogen-bond donors (Lipinski definition) is 2. The summed E-state index contributed by atoms with van der Waals surface area (Å²) >= 11 is 17.3. The SMILES string of the molecule is CC.CC.CC.CC.CC.CC.CC.CC.CC.CC1(c2ccccc2)NC(=S)N2CCCN=C21.CC1(c2ccccc2)NC(=S)SC1=S.[B].[B]. The molecule has 5 rings (SSSR count).